The minimum Gasteiger partial charge on any atom is -0.397 e. The second-order valence-electron chi connectivity index (χ2n) is 8.74. The molecule has 1 fully saturated rings. The number of fused-ring (bicyclic) bond motifs is 3. The smallest absolute Gasteiger partial charge is 0.280 e. The van der Waals surface area contributed by atoms with Crippen molar-refractivity contribution < 1.29 is 14.5 Å². The Morgan fingerprint density at radius 1 is 1.25 bits per heavy atom. The Morgan fingerprint density at radius 3 is 2.75 bits per heavy atom. The molecule has 4 heterocycles. The number of thioether (sulfide) groups is 1. The zero-order chi connectivity index (χ0) is 22.5. The van der Waals surface area contributed by atoms with Gasteiger partial charge in [0, 0.05) is 10.5 Å². The van der Waals surface area contributed by atoms with Gasteiger partial charge in [-0.3, -0.25) is 9.69 Å². The van der Waals surface area contributed by atoms with E-state index >= 15 is 0 Å². The molecule has 0 atom stereocenters. The number of ether oxygens (including phenoxy) is 1. The third-order valence-corrected chi connectivity index (χ3v) is 8.80. The number of nitrogens with zero attached hydrogens (tertiary/aromatic N) is 1. The maximum absolute atomic E-state index is 13.2. The van der Waals surface area contributed by atoms with Gasteiger partial charge in [-0.2, -0.15) is 11.8 Å². The maximum Gasteiger partial charge on any atom is 0.280 e. The van der Waals surface area contributed by atoms with Crippen LogP contribution in [0.4, 0.5) is 17.2 Å². The summed E-state index contributed by atoms with van der Waals surface area (Å²) in [4.78, 5) is 20.6. The number of pyridine rings is 1. The topological polar surface area (TPSA) is 81.7 Å². The highest BCUT2D eigenvalue weighted by molar-refractivity contribution is 7.99. The van der Waals surface area contributed by atoms with Crippen LogP contribution < -0.4 is 20.9 Å². The van der Waals surface area contributed by atoms with Crippen LogP contribution in [-0.2, 0) is 16.9 Å². The number of nitrogens with two attached hydrogens (primary N) is 1. The van der Waals surface area contributed by atoms with Crippen LogP contribution in [0, 0.1) is 0 Å². The maximum atomic E-state index is 13.2. The van der Waals surface area contributed by atoms with Crippen molar-refractivity contribution in [1.29, 1.82) is 0 Å². The number of anilines is 3. The number of nitrogens with one attached hydrogen (secondary N) is 2. The van der Waals surface area contributed by atoms with Gasteiger partial charge < -0.3 is 15.8 Å². The molecule has 0 saturated carbocycles. The van der Waals surface area contributed by atoms with E-state index in [1.54, 1.807) is 12.1 Å². The van der Waals surface area contributed by atoms with Crippen molar-refractivity contribution in [2.24, 2.45) is 0 Å². The minimum atomic E-state index is -0.240. The molecule has 3 aromatic rings. The quantitative estimate of drug-likeness (QED) is 0.561. The van der Waals surface area contributed by atoms with Gasteiger partial charge >= 0.3 is 0 Å². The van der Waals surface area contributed by atoms with Crippen molar-refractivity contribution in [1.82, 2.24) is 0 Å². The number of amides is 1. The molecular weight excluding hydrogens is 464 g/mol. The molecule has 168 valence electrons. The highest BCUT2D eigenvalue weighted by Gasteiger charge is 2.36. The molecule has 0 spiro atoms. The molecule has 1 amide bonds. The van der Waals surface area contributed by atoms with Crippen molar-refractivity contribution >= 4 is 68.0 Å². The first kappa shape index (κ1) is 21.8. The fourth-order valence-electron chi connectivity index (χ4n) is 4.37. The second-order valence-corrected chi connectivity index (χ2v) is 11.8. The van der Waals surface area contributed by atoms with E-state index in [-0.39, 0.29) is 10.7 Å². The van der Waals surface area contributed by atoms with E-state index < -0.39 is 0 Å². The van der Waals surface area contributed by atoms with Crippen LogP contribution in [0.3, 0.4) is 0 Å². The predicted molar refractivity (Wildman–Crippen MR) is 134 cm³/mol. The largest absolute Gasteiger partial charge is 0.397 e. The number of nitrogen functional groups attached to an aromatic ring is 1. The lowest BCUT2D eigenvalue weighted by Gasteiger charge is -2.32. The summed E-state index contributed by atoms with van der Waals surface area (Å²) in [5.41, 5.74) is 10.3. The van der Waals surface area contributed by atoms with E-state index in [0.717, 1.165) is 54.5 Å². The standard InChI is InChI=1S/C23H25ClN4O2S2/c1-23(2)11-13-14(12-31-23)20(28-7-9-30-10-8-28)27-22-17(13)18(25)19(32-22)21(29)26-16-6-4-3-5-15(16)24/h3-6H,7-12,25H2,1-2H3,(H,26,29)/p+1. The third-order valence-electron chi connectivity index (χ3n) is 5.99. The lowest BCUT2D eigenvalue weighted by Crippen LogP contribution is -2.41. The van der Waals surface area contributed by atoms with Gasteiger partial charge in [-0.25, -0.2) is 4.98 Å². The third kappa shape index (κ3) is 3.94. The van der Waals surface area contributed by atoms with Gasteiger partial charge in [0.05, 0.1) is 40.6 Å². The SMILES string of the molecule is CC1(C)Cc2c(c(N3CCOCC3)[nH+]c3sc(C(=O)Nc4ccccc4Cl)c(N)c23)CS1. The van der Waals surface area contributed by atoms with Crippen molar-refractivity contribution in [3.8, 4) is 0 Å². The van der Waals surface area contributed by atoms with Gasteiger partial charge in [0.2, 0.25) is 0 Å². The van der Waals surface area contributed by atoms with Gasteiger partial charge in [0.25, 0.3) is 11.7 Å². The van der Waals surface area contributed by atoms with E-state index in [1.165, 1.54) is 22.5 Å². The molecular formula is C23H26ClN4O2S2+. The number of halogens is 1. The monoisotopic (exact) mass is 489 g/mol. The molecule has 0 bridgehead atoms. The van der Waals surface area contributed by atoms with Crippen molar-refractivity contribution in [3.63, 3.8) is 0 Å². The van der Waals surface area contributed by atoms with E-state index in [0.29, 0.717) is 21.3 Å². The van der Waals surface area contributed by atoms with Crippen molar-refractivity contribution in [2.75, 3.05) is 42.3 Å². The molecule has 5 rings (SSSR count). The van der Waals surface area contributed by atoms with Crippen LogP contribution in [0.1, 0.15) is 34.6 Å². The number of aromatic amines is 1. The summed E-state index contributed by atoms with van der Waals surface area (Å²) in [6.07, 6.45) is 0.905. The van der Waals surface area contributed by atoms with Crippen molar-refractivity contribution in [3.05, 3.63) is 45.3 Å². The summed E-state index contributed by atoms with van der Waals surface area (Å²) in [6, 6.07) is 7.21. The number of morpholine rings is 1. The molecule has 1 aromatic carbocycles. The Labute approximate surface area is 200 Å². The van der Waals surface area contributed by atoms with Gasteiger partial charge in [0.1, 0.15) is 18.0 Å². The van der Waals surface area contributed by atoms with E-state index in [2.05, 4.69) is 29.0 Å². The average molecular weight is 490 g/mol. The Bertz CT molecular complexity index is 1200. The highest BCUT2D eigenvalue weighted by atomic mass is 35.5. The van der Waals surface area contributed by atoms with Crippen LogP contribution in [-0.4, -0.2) is 37.0 Å². The van der Waals surface area contributed by atoms with Gasteiger partial charge in [-0.05, 0) is 24.1 Å². The summed E-state index contributed by atoms with van der Waals surface area (Å²) in [6.45, 7) is 7.68. The molecule has 1 saturated heterocycles. The summed E-state index contributed by atoms with van der Waals surface area (Å²) in [7, 11) is 0. The van der Waals surface area contributed by atoms with Gasteiger partial charge in [-0.15, -0.1) is 0 Å². The number of H-pyrrole nitrogens is 1. The Morgan fingerprint density at radius 2 is 2.00 bits per heavy atom. The Kier molecular flexibility index (Phi) is 5.73. The van der Waals surface area contributed by atoms with E-state index in [9.17, 15) is 4.79 Å². The molecule has 2 aliphatic rings. The fraction of sp³-hybridized carbons (Fsp3) is 0.391. The zero-order valence-corrected chi connectivity index (χ0v) is 20.5. The Hall–Kier alpha value is -2.00. The lowest BCUT2D eigenvalue weighted by molar-refractivity contribution is -0.328. The molecule has 9 heteroatoms. The number of thiophene rings is 1. The van der Waals surface area contributed by atoms with E-state index in [1.807, 2.05) is 23.9 Å². The first-order valence-electron chi connectivity index (χ1n) is 10.7. The number of hydrogen-bond donors (Lipinski definition) is 2. The minimum absolute atomic E-state index is 0.109. The van der Waals surface area contributed by atoms with Crippen LogP contribution in [0.2, 0.25) is 5.02 Å². The molecule has 0 aliphatic carbocycles. The number of carbonyl (C=O) groups excluding carboxylic acids is 1. The fourth-order valence-corrected chi connectivity index (χ4v) is 6.69. The number of para-hydroxylation sites is 1. The first-order valence-corrected chi connectivity index (χ1v) is 12.8. The molecule has 0 unspecified atom stereocenters. The number of aromatic nitrogens is 1. The Balaban J connectivity index is 1.62. The van der Waals surface area contributed by atoms with Crippen LogP contribution in [0.25, 0.3) is 10.2 Å². The molecule has 4 N–H and O–H groups in total. The van der Waals surface area contributed by atoms with Gasteiger partial charge in [0.15, 0.2) is 4.83 Å². The summed E-state index contributed by atoms with van der Waals surface area (Å²) < 4.78 is 5.67. The zero-order valence-electron chi connectivity index (χ0n) is 18.1. The highest BCUT2D eigenvalue weighted by Crippen LogP contribution is 2.46. The molecule has 6 nitrogen and oxygen atoms in total. The molecule has 2 aliphatic heterocycles. The number of hydrogen-bond acceptors (Lipinski definition) is 6. The summed E-state index contributed by atoms with van der Waals surface area (Å²) in [5.74, 6) is 1.81. The predicted octanol–water partition coefficient (Wildman–Crippen LogP) is 4.61. The molecule has 2 aromatic heterocycles. The molecule has 32 heavy (non-hydrogen) atoms. The molecule has 0 radical (unpaired) electrons. The summed E-state index contributed by atoms with van der Waals surface area (Å²) >= 11 is 9.61. The number of benzene rings is 1. The second kappa shape index (κ2) is 8.41. The lowest BCUT2D eigenvalue weighted by atomic mass is 9.94. The summed E-state index contributed by atoms with van der Waals surface area (Å²) in [5, 5.41) is 4.40. The van der Waals surface area contributed by atoms with Crippen LogP contribution in [0.5, 0.6) is 0 Å². The number of rotatable bonds is 3. The average Bonchev–Trinajstić information content (AvgIpc) is 3.11. The van der Waals surface area contributed by atoms with E-state index in [4.69, 9.17) is 22.1 Å². The van der Waals surface area contributed by atoms with Crippen LogP contribution in [0.15, 0.2) is 24.3 Å². The van der Waals surface area contributed by atoms with Crippen molar-refractivity contribution in [2.45, 2.75) is 30.8 Å². The number of carbonyl (C=O) groups is 1. The van der Waals surface area contributed by atoms with Gasteiger partial charge in [-0.1, -0.05) is 48.9 Å². The van der Waals surface area contributed by atoms with Crippen LogP contribution >= 0.6 is 34.7 Å². The normalized spacial score (nSPS) is 17.9. The first-order chi connectivity index (χ1) is 15.3.